The summed E-state index contributed by atoms with van der Waals surface area (Å²) in [6, 6.07) is 9.73. The van der Waals surface area contributed by atoms with Gasteiger partial charge in [-0.25, -0.2) is 0 Å². The first-order valence-electron chi connectivity index (χ1n) is 9.02. The number of carbonyl (C=O) groups excluding carboxylic acids is 1. The van der Waals surface area contributed by atoms with Gasteiger partial charge in [-0.3, -0.25) is 9.59 Å². The molecule has 1 aromatic carbocycles. The summed E-state index contributed by atoms with van der Waals surface area (Å²) in [5.74, 6) is 0.466. The van der Waals surface area contributed by atoms with E-state index in [1.165, 1.54) is 0 Å². The van der Waals surface area contributed by atoms with Crippen LogP contribution in [0.5, 0.6) is 0 Å². The third-order valence-corrected chi connectivity index (χ3v) is 5.53. The van der Waals surface area contributed by atoms with Crippen LogP contribution >= 0.6 is 11.6 Å². The number of amides is 1. The molecule has 1 aromatic heterocycles. The number of halogens is 1. The Labute approximate surface area is 157 Å². The summed E-state index contributed by atoms with van der Waals surface area (Å²) in [7, 11) is 0. The fraction of sp³-hybridized carbons (Fsp3) is 0.333. The molecule has 2 heterocycles. The van der Waals surface area contributed by atoms with Crippen LogP contribution in [-0.4, -0.2) is 16.9 Å². The molecule has 1 aliphatic heterocycles. The Morgan fingerprint density at radius 2 is 1.96 bits per heavy atom. The number of nitrogens with one attached hydrogen (secondary N) is 2. The number of benzene rings is 1. The van der Waals surface area contributed by atoms with Gasteiger partial charge in [0, 0.05) is 34.3 Å². The molecule has 134 valence electrons. The van der Waals surface area contributed by atoms with Gasteiger partial charge >= 0.3 is 0 Å². The number of aromatic amines is 1. The van der Waals surface area contributed by atoms with E-state index in [-0.39, 0.29) is 17.5 Å². The predicted octanol–water partition coefficient (Wildman–Crippen LogP) is 3.92. The van der Waals surface area contributed by atoms with Crippen LogP contribution < -0.4 is 10.9 Å². The van der Waals surface area contributed by atoms with E-state index < -0.39 is 0 Å². The van der Waals surface area contributed by atoms with Crippen molar-refractivity contribution < 1.29 is 4.79 Å². The molecule has 1 atom stereocenters. The first-order valence-corrected chi connectivity index (χ1v) is 9.40. The zero-order chi connectivity index (χ0) is 18.3. The van der Waals surface area contributed by atoms with E-state index in [0.717, 1.165) is 47.2 Å². The van der Waals surface area contributed by atoms with E-state index in [4.69, 9.17) is 11.6 Å². The maximum Gasteiger partial charge on any atom is 0.251 e. The van der Waals surface area contributed by atoms with Gasteiger partial charge in [0.25, 0.3) is 5.56 Å². The van der Waals surface area contributed by atoms with Gasteiger partial charge in [-0.1, -0.05) is 35.9 Å². The lowest BCUT2D eigenvalue weighted by atomic mass is 9.97. The average molecular weight is 369 g/mol. The van der Waals surface area contributed by atoms with Crippen LogP contribution in [0.3, 0.4) is 0 Å². The molecule has 1 saturated heterocycles. The number of aryl methyl sites for hydroxylation is 1. The molecule has 5 heteroatoms. The van der Waals surface area contributed by atoms with Gasteiger partial charge in [-0.15, -0.1) is 0 Å². The van der Waals surface area contributed by atoms with Crippen molar-refractivity contribution in [3.8, 4) is 0 Å². The second-order valence-electron chi connectivity index (χ2n) is 7.19. The number of rotatable bonds is 4. The monoisotopic (exact) mass is 368 g/mol. The first-order chi connectivity index (χ1) is 12.5. The Kier molecular flexibility index (Phi) is 4.45. The van der Waals surface area contributed by atoms with Crippen molar-refractivity contribution in [2.45, 2.75) is 44.6 Å². The number of H-pyrrole nitrogens is 1. The highest BCUT2D eigenvalue weighted by Gasteiger charge is 2.26. The largest absolute Gasteiger partial charge is 0.350 e. The highest BCUT2D eigenvalue weighted by Crippen LogP contribution is 2.38. The number of carbonyl (C=O) groups is 1. The van der Waals surface area contributed by atoms with Crippen LogP contribution in [0.1, 0.15) is 54.0 Å². The van der Waals surface area contributed by atoms with Gasteiger partial charge in [0.2, 0.25) is 5.91 Å². The van der Waals surface area contributed by atoms with Gasteiger partial charge in [-0.05, 0) is 55.4 Å². The van der Waals surface area contributed by atoms with Gasteiger partial charge in [0.1, 0.15) is 0 Å². The summed E-state index contributed by atoms with van der Waals surface area (Å²) in [4.78, 5) is 27.1. The van der Waals surface area contributed by atoms with E-state index in [0.29, 0.717) is 17.4 Å². The molecule has 2 fully saturated rings. The molecule has 1 saturated carbocycles. The van der Waals surface area contributed by atoms with Gasteiger partial charge < -0.3 is 10.3 Å². The Morgan fingerprint density at radius 1 is 1.15 bits per heavy atom. The highest BCUT2D eigenvalue weighted by molar-refractivity contribution is 6.31. The second-order valence-corrected chi connectivity index (χ2v) is 7.59. The second kappa shape index (κ2) is 6.76. The number of pyridine rings is 1. The summed E-state index contributed by atoms with van der Waals surface area (Å²) in [5.41, 5.74) is 4.41. The molecular formula is C21H21ClN2O2. The van der Waals surface area contributed by atoms with Crippen molar-refractivity contribution in [1.82, 2.24) is 10.3 Å². The van der Waals surface area contributed by atoms with Gasteiger partial charge in [0.05, 0.1) is 0 Å². The minimum absolute atomic E-state index is 0.0235. The van der Waals surface area contributed by atoms with Crippen molar-refractivity contribution in [3.63, 3.8) is 0 Å². The third kappa shape index (κ3) is 3.47. The lowest BCUT2D eigenvalue weighted by Gasteiger charge is -2.13. The smallest absolute Gasteiger partial charge is 0.251 e. The van der Waals surface area contributed by atoms with E-state index in [2.05, 4.69) is 10.3 Å². The molecule has 1 amide bonds. The molecule has 0 spiro atoms. The summed E-state index contributed by atoms with van der Waals surface area (Å²) >= 11 is 6.32. The van der Waals surface area contributed by atoms with Crippen molar-refractivity contribution in [2.24, 2.45) is 0 Å². The number of hydrogen-bond donors (Lipinski definition) is 2. The Bertz CT molecular complexity index is 957. The van der Waals surface area contributed by atoms with Crippen LogP contribution in [0.2, 0.25) is 5.02 Å². The summed E-state index contributed by atoms with van der Waals surface area (Å²) < 4.78 is 0. The van der Waals surface area contributed by atoms with Crippen LogP contribution in [0, 0.1) is 6.92 Å². The maximum atomic E-state index is 12.5. The Balaban J connectivity index is 1.78. The quantitative estimate of drug-likeness (QED) is 0.859. The van der Waals surface area contributed by atoms with Crippen molar-refractivity contribution in [3.05, 3.63) is 74.2 Å². The van der Waals surface area contributed by atoms with E-state index in [1.807, 2.05) is 43.3 Å². The molecular weight excluding hydrogens is 348 g/mol. The maximum absolute atomic E-state index is 12.5. The number of hydrogen-bond acceptors (Lipinski definition) is 2. The summed E-state index contributed by atoms with van der Waals surface area (Å²) in [5, 5.41) is 3.65. The lowest BCUT2D eigenvalue weighted by molar-refractivity contribution is -0.119. The topological polar surface area (TPSA) is 62.0 Å². The standard InChI is InChI=1S/C21H21ClN2O2/c1-12-2-3-14(10-18(12)22)17(11-15-6-9-20(25)23-15)19-8-7-16(13-4-5-13)21(26)24-19/h2-3,7-8,10-11,13,15H,4-6,9H2,1H3,(H,23,25)(H,24,26)/b17-11-/t15-/m1/s1. The first kappa shape index (κ1) is 17.1. The molecule has 4 rings (SSSR count). The molecule has 2 N–H and O–H groups in total. The summed E-state index contributed by atoms with van der Waals surface area (Å²) in [6.07, 6.45) is 5.49. The SMILES string of the molecule is Cc1ccc(/C(=C/[C@H]2CCC(=O)N2)c2ccc(C3CC3)c(=O)[nH]2)cc1Cl. The predicted molar refractivity (Wildman–Crippen MR) is 103 cm³/mol. The van der Waals surface area contributed by atoms with Crippen LogP contribution in [0.25, 0.3) is 5.57 Å². The van der Waals surface area contributed by atoms with E-state index >= 15 is 0 Å². The molecule has 26 heavy (non-hydrogen) atoms. The van der Waals surface area contributed by atoms with Crippen molar-refractivity contribution in [2.75, 3.05) is 0 Å². The molecule has 0 unspecified atom stereocenters. The van der Waals surface area contributed by atoms with Crippen molar-refractivity contribution in [1.29, 1.82) is 0 Å². The fourth-order valence-corrected chi connectivity index (χ4v) is 3.60. The zero-order valence-corrected chi connectivity index (χ0v) is 15.4. The highest BCUT2D eigenvalue weighted by atomic mass is 35.5. The van der Waals surface area contributed by atoms with Gasteiger partial charge in [-0.2, -0.15) is 0 Å². The molecule has 2 aromatic rings. The molecule has 0 radical (unpaired) electrons. The van der Waals surface area contributed by atoms with Crippen LogP contribution in [0.4, 0.5) is 0 Å². The van der Waals surface area contributed by atoms with E-state index in [1.54, 1.807) is 0 Å². The van der Waals surface area contributed by atoms with E-state index in [9.17, 15) is 9.59 Å². The molecule has 2 aliphatic rings. The van der Waals surface area contributed by atoms with Crippen LogP contribution in [-0.2, 0) is 4.79 Å². The fourth-order valence-electron chi connectivity index (χ4n) is 3.42. The Hall–Kier alpha value is -2.33. The average Bonchev–Trinajstić information content (AvgIpc) is 3.37. The summed E-state index contributed by atoms with van der Waals surface area (Å²) in [6.45, 7) is 1.96. The van der Waals surface area contributed by atoms with Crippen molar-refractivity contribution >= 4 is 23.1 Å². The lowest BCUT2D eigenvalue weighted by Crippen LogP contribution is -2.23. The third-order valence-electron chi connectivity index (χ3n) is 5.13. The molecule has 4 nitrogen and oxygen atoms in total. The Morgan fingerprint density at radius 3 is 2.58 bits per heavy atom. The van der Waals surface area contributed by atoms with Crippen LogP contribution in [0.15, 0.2) is 41.2 Å². The normalized spacial score (nSPS) is 20.3. The minimum Gasteiger partial charge on any atom is -0.350 e. The van der Waals surface area contributed by atoms with Gasteiger partial charge in [0.15, 0.2) is 0 Å². The minimum atomic E-state index is -0.0378. The molecule has 1 aliphatic carbocycles. The zero-order valence-electron chi connectivity index (χ0n) is 14.6. The number of aromatic nitrogens is 1. The molecule has 0 bridgehead atoms.